The van der Waals surface area contributed by atoms with Crippen LogP contribution in [0.25, 0.3) is 0 Å². The van der Waals surface area contributed by atoms with Crippen molar-refractivity contribution in [1.82, 2.24) is 0 Å². The van der Waals surface area contributed by atoms with Crippen molar-refractivity contribution in [3.05, 3.63) is 29.3 Å². The molecule has 4 heteroatoms. The van der Waals surface area contributed by atoms with Crippen LogP contribution >= 0.6 is 0 Å². The van der Waals surface area contributed by atoms with E-state index in [0.717, 1.165) is 5.56 Å². The summed E-state index contributed by atoms with van der Waals surface area (Å²) in [6.07, 6.45) is -0.186. The van der Waals surface area contributed by atoms with Crippen LogP contribution in [-0.2, 0) is 4.79 Å². The number of hydrogen-bond acceptors (Lipinski definition) is 3. The van der Waals surface area contributed by atoms with Gasteiger partial charge in [-0.05, 0) is 17.5 Å². The van der Waals surface area contributed by atoms with Gasteiger partial charge in [-0.2, -0.15) is 0 Å². The molecule has 1 atom stereocenters. The van der Waals surface area contributed by atoms with E-state index >= 15 is 0 Å². The Kier molecular flexibility index (Phi) is 3.90. The van der Waals surface area contributed by atoms with Crippen molar-refractivity contribution in [1.29, 1.82) is 0 Å². The van der Waals surface area contributed by atoms with E-state index in [1.807, 2.05) is 19.9 Å². The van der Waals surface area contributed by atoms with Crippen LogP contribution in [0, 0.1) is 0 Å². The smallest absolute Gasteiger partial charge is 0.305 e. The molecular formula is C12H17NO3. The maximum absolute atomic E-state index is 10.5. The molecule has 0 amide bonds. The Balaban J connectivity index is 2.94. The molecule has 0 saturated carbocycles. The number of nitrogens with two attached hydrogens (primary N) is 1. The molecule has 1 aromatic rings. The highest BCUT2D eigenvalue weighted by Gasteiger charge is 2.15. The van der Waals surface area contributed by atoms with Gasteiger partial charge in [-0.25, -0.2) is 0 Å². The van der Waals surface area contributed by atoms with Gasteiger partial charge in [0.15, 0.2) is 0 Å². The number of hydrogen-bond donors (Lipinski definition) is 3. The molecule has 16 heavy (non-hydrogen) atoms. The Hall–Kier alpha value is -1.55. The van der Waals surface area contributed by atoms with Gasteiger partial charge in [0.2, 0.25) is 0 Å². The van der Waals surface area contributed by atoms with Gasteiger partial charge in [-0.3, -0.25) is 4.79 Å². The number of carboxylic acid groups (broad SMARTS) is 1. The van der Waals surface area contributed by atoms with Gasteiger partial charge >= 0.3 is 5.97 Å². The van der Waals surface area contributed by atoms with Crippen LogP contribution in [0.2, 0.25) is 0 Å². The summed E-state index contributed by atoms with van der Waals surface area (Å²) in [4.78, 5) is 10.5. The molecule has 88 valence electrons. The molecule has 0 saturated heterocycles. The van der Waals surface area contributed by atoms with Crippen LogP contribution < -0.4 is 5.73 Å². The highest BCUT2D eigenvalue weighted by molar-refractivity contribution is 5.68. The Morgan fingerprint density at radius 3 is 2.50 bits per heavy atom. The highest BCUT2D eigenvalue weighted by Crippen LogP contribution is 2.28. The number of phenols is 1. The summed E-state index contributed by atoms with van der Waals surface area (Å²) in [5.41, 5.74) is 7.16. The molecule has 0 heterocycles. The van der Waals surface area contributed by atoms with Gasteiger partial charge in [0.25, 0.3) is 0 Å². The number of carbonyl (C=O) groups is 1. The number of carboxylic acids is 1. The monoisotopic (exact) mass is 223 g/mol. The fraction of sp³-hybridized carbons (Fsp3) is 0.417. The zero-order chi connectivity index (χ0) is 12.3. The van der Waals surface area contributed by atoms with E-state index in [1.54, 1.807) is 12.1 Å². The molecule has 0 aliphatic heterocycles. The lowest BCUT2D eigenvalue weighted by atomic mass is 9.97. The van der Waals surface area contributed by atoms with Gasteiger partial charge < -0.3 is 15.9 Å². The first-order chi connectivity index (χ1) is 7.41. The number of rotatable bonds is 4. The van der Waals surface area contributed by atoms with Crippen molar-refractivity contribution in [2.45, 2.75) is 32.2 Å². The van der Waals surface area contributed by atoms with E-state index in [2.05, 4.69) is 0 Å². The summed E-state index contributed by atoms with van der Waals surface area (Å²) in [7, 11) is 0. The molecule has 0 aromatic heterocycles. The second-order valence-corrected chi connectivity index (χ2v) is 4.18. The molecule has 0 bridgehead atoms. The number of benzene rings is 1. The van der Waals surface area contributed by atoms with E-state index in [-0.39, 0.29) is 12.2 Å². The summed E-state index contributed by atoms with van der Waals surface area (Å²) in [6, 6.07) is 4.53. The zero-order valence-corrected chi connectivity index (χ0v) is 9.47. The van der Waals surface area contributed by atoms with E-state index in [9.17, 15) is 9.90 Å². The van der Waals surface area contributed by atoms with Crippen molar-refractivity contribution < 1.29 is 15.0 Å². The quantitative estimate of drug-likeness (QED) is 0.728. The van der Waals surface area contributed by atoms with Gasteiger partial charge in [-0.1, -0.05) is 26.0 Å². The fourth-order valence-corrected chi connectivity index (χ4v) is 1.53. The van der Waals surface area contributed by atoms with Crippen molar-refractivity contribution in [3.63, 3.8) is 0 Å². The average molecular weight is 223 g/mol. The molecule has 0 radical (unpaired) electrons. The number of aromatic hydroxyl groups is 1. The van der Waals surface area contributed by atoms with Crippen LogP contribution in [0.5, 0.6) is 5.75 Å². The van der Waals surface area contributed by atoms with Crippen LogP contribution in [-0.4, -0.2) is 16.2 Å². The summed E-state index contributed by atoms with van der Waals surface area (Å²) in [5.74, 6) is -0.588. The zero-order valence-electron chi connectivity index (χ0n) is 9.47. The Bertz CT molecular complexity index is 388. The Morgan fingerprint density at radius 2 is 2.06 bits per heavy atom. The Morgan fingerprint density at radius 1 is 1.44 bits per heavy atom. The van der Waals surface area contributed by atoms with Crippen LogP contribution in [0.1, 0.15) is 43.4 Å². The lowest BCUT2D eigenvalue weighted by Gasteiger charge is -2.13. The van der Waals surface area contributed by atoms with Crippen LogP contribution in [0.3, 0.4) is 0 Å². The minimum Gasteiger partial charge on any atom is -0.508 e. The first kappa shape index (κ1) is 12.5. The van der Waals surface area contributed by atoms with E-state index in [1.165, 1.54) is 0 Å². The maximum Gasteiger partial charge on any atom is 0.305 e. The molecule has 4 nitrogen and oxygen atoms in total. The van der Waals surface area contributed by atoms with Crippen molar-refractivity contribution >= 4 is 5.97 Å². The third-order valence-corrected chi connectivity index (χ3v) is 2.52. The topological polar surface area (TPSA) is 83.6 Å². The van der Waals surface area contributed by atoms with Crippen LogP contribution in [0.15, 0.2) is 18.2 Å². The molecule has 1 unspecified atom stereocenters. The van der Waals surface area contributed by atoms with Gasteiger partial charge in [0.05, 0.1) is 6.42 Å². The fourth-order valence-electron chi connectivity index (χ4n) is 1.53. The number of aliphatic carboxylic acids is 1. The standard InChI is InChI=1S/C12H17NO3/c1-7(2)8-3-4-9(11(14)5-8)10(13)6-12(15)16/h3-5,7,10,14H,6,13H2,1-2H3,(H,15,16). The molecule has 0 fully saturated rings. The van der Waals surface area contributed by atoms with Gasteiger partial charge in [0.1, 0.15) is 5.75 Å². The summed E-state index contributed by atoms with van der Waals surface area (Å²) in [6.45, 7) is 4.04. The summed E-state index contributed by atoms with van der Waals surface area (Å²) < 4.78 is 0. The van der Waals surface area contributed by atoms with E-state index in [4.69, 9.17) is 10.8 Å². The first-order valence-electron chi connectivity index (χ1n) is 5.22. The summed E-state index contributed by atoms with van der Waals surface area (Å²) in [5, 5.41) is 18.4. The molecule has 0 aliphatic rings. The lowest BCUT2D eigenvalue weighted by molar-refractivity contribution is -0.137. The average Bonchev–Trinajstić information content (AvgIpc) is 2.15. The third-order valence-electron chi connectivity index (χ3n) is 2.52. The molecule has 4 N–H and O–H groups in total. The minimum absolute atomic E-state index is 0.0694. The van der Waals surface area contributed by atoms with Crippen molar-refractivity contribution in [3.8, 4) is 5.75 Å². The predicted octanol–water partition coefficient (Wildman–Crippen LogP) is 1.99. The molecule has 1 rings (SSSR count). The molecule has 0 spiro atoms. The van der Waals surface area contributed by atoms with Gasteiger partial charge in [0, 0.05) is 11.6 Å². The largest absolute Gasteiger partial charge is 0.508 e. The molecule has 0 aliphatic carbocycles. The third kappa shape index (κ3) is 2.97. The Labute approximate surface area is 94.7 Å². The van der Waals surface area contributed by atoms with Gasteiger partial charge in [-0.15, -0.1) is 0 Å². The van der Waals surface area contributed by atoms with Crippen molar-refractivity contribution in [2.24, 2.45) is 5.73 Å². The summed E-state index contributed by atoms with van der Waals surface area (Å²) >= 11 is 0. The number of phenolic OH excluding ortho intramolecular Hbond substituents is 1. The van der Waals surface area contributed by atoms with E-state index < -0.39 is 12.0 Å². The normalized spacial score (nSPS) is 12.8. The highest BCUT2D eigenvalue weighted by atomic mass is 16.4. The lowest BCUT2D eigenvalue weighted by Crippen LogP contribution is -2.15. The molecular weight excluding hydrogens is 206 g/mol. The second-order valence-electron chi connectivity index (χ2n) is 4.18. The first-order valence-corrected chi connectivity index (χ1v) is 5.22. The van der Waals surface area contributed by atoms with Crippen molar-refractivity contribution in [2.75, 3.05) is 0 Å². The SMILES string of the molecule is CC(C)c1ccc(C(N)CC(=O)O)c(O)c1. The maximum atomic E-state index is 10.5. The minimum atomic E-state index is -0.972. The van der Waals surface area contributed by atoms with Crippen LogP contribution in [0.4, 0.5) is 0 Å². The van der Waals surface area contributed by atoms with E-state index in [0.29, 0.717) is 11.5 Å². The predicted molar refractivity (Wildman–Crippen MR) is 61.4 cm³/mol. The molecule has 1 aromatic carbocycles. The second kappa shape index (κ2) is 4.99.